The molecular formula is C13H18N2O4. The Kier molecular flexibility index (Phi) is 3.38. The maximum atomic E-state index is 12.3. The standard InChI is InChI=1S/C13H18N2O4/c1-13(2)12(18)15(6-9(17)7-16)10-5-8(14)3-4-11(10)19-13/h3-5,9,16-17H,6-7,14H2,1-2H3. The topological polar surface area (TPSA) is 96.0 Å². The maximum absolute atomic E-state index is 12.3. The predicted octanol–water partition coefficient (Wildman–Crippen LogP) is 0.126. The molecule has 6 nitrogen and oxygen atoms in total. The molecule has 1 aliphatic rings. The van der Waals surface area contributed by atoms with Crippen LogP contribution in [0.3, 0.4) is 0 Å². The average Bonchev–Trinajstić information content (AvgIpc) is 2.35. The number of anilines is 2. The third-order valence-corrected chi connectivity index (χ3v) is 3.00. The molecule has 1 aliphatic heterocycles. The van der Waals surface area contributed by atoms with Gasteiger partial charge in [-0.15, -0.1) is 0 Å². The minimum Gasteiger partial charge on any atom is -0.476 e. The number of aliphatic hydroxyl groups is 2. The van der Waals surface area contributed by atoms with Gasteiger partial charge in [-0.1, -0.05) is 0 Å². The molecule has 4 N–H and O–H groups in total. The SMILES string of the molecule is CC1(C)Oc2ccc(N)cc2N(CC(O)CO)C1=O. The van der Waals surface area contributed by atoms with Crippen molar-refractivity contribution in [1.29, 1.82) is 0 Å². The van der Waals surface area contributed by atoms with E-state index in [0.29, 0.717) is 17.1 Å². The van der Waals surface area contributed by atoms with Crippen LogP contribution in [0.25, 0.3) is 0 Å². The lowest BCUT2D eigenvalue weighted by Gasteiger charge is -2.39. The minimum absolute atomic E-state index is 0.00141. The number of nitrogen functional groups attached to an aromatic ring is 1. The molecule has 1 aromatic rings. The number of nitrogens with two attached hydrogens (primary N) is 1. The Morgan fingerprint density at radius 3 is 2.79 bits per heavy atom. The largest absolute Gasteiger partial charge is 0.476 e. The lowest BCUT2D eigenvalue weighted by Crippen LogP contribution is -2.54. The van der Waals surface area contributed by atoms with Crippen LogP contribution in [0, 0.1) is 0 Å². The van der Waals surface area contributed by atoms with Crippen LogP contribution in [-0.4, -0.2) is 41.0 Å². The molecule has 1 unspecified atom stereocenters. The summed E-state index contributed by atoms with van der Waals surface area (Å²) in [6.45, 7) is 2.90. The number of ether oxygens (including phenoxy) is 1. The zero-order chi connectivity index (χ0) is 14.2. The predicted molar refractivity (Wildman–Crippen MR) is 71.0 cm³/mol. The number of amides is 1. The monoisotopic (exact) mass is 266 g/mol. The molecule has 0 saturated heterocycles. The number of fused-ring (bicyclic) bond motifs is 1. The second-order valence-electron chi connectivity index (χ2n) is 5.09. The highest BCUT2D eigenvalue weighted by molar-refractivity contribution is 6.02. The van der Waals surface area contributed by atoms with Crippen LogP contribution in [0.5, 0.6) is 5.75 Å². The molecule has 1 atom stereocenters. The highest BCUT2D eigenvalue weighted by atomic mass is 16.5. The van der Waals surface area contributed by atoms with Gasteiger partial charge in [0.1, 0.15) is 5.75 Å². The molecule has 104 valence electrons. The second-order valence-corrected chi connectivity index (χ2v) is 5.09. The van der Waals surface area contributed by atoms with Crippen LogP contribution >= 0.6 is 0 Å². The van der Waals surface area contributed by atoms with Crippen molar-refractivity contribution in [3.8, 4) is 5.75 Å². The molecule has 1 aromatic carbocycles. The molecule has 6 heteroatoms. The van der Waals surface area contributed by atoms with E-state index < -0.39 is 18.3 Å². The number of carbonyl (C=O) groups is 1. The molecule has 1 heterocycles. The van der Waals surface area contributed by atoms with Crippen LogP contribution in [0.2, 0.25) is 0 Å². The van der Waals surface area contributed by atoms with Gasteiger partial charge < -0.3 is 25.6 Å². The molecule has 0 aliphatic carbocycles. The van der Waals surface area contributed by atoms with E-state index in [0.717, 1.165) is 0 Å². The number of benzene rings is 1. The van der Waals surface area contributed by atoms with Crippen LogP contribution in [0.1, 0.15) is 13.8 Å². The first kappa shape index (κ1) is 13.6. The van der Waals surface area contributed by atoms with E-state index in [4.69, 9.17) is 15.6 Å². The van der Waals surface area contributed by atoms with Gasteiger partial charge in [0.15, 0.2) is 5.60 Å². The molecule has 0 bridgehead atoms. The zero-order valence-electron chi connectivity index (χ0n) is 11.0. The fourth-order valence-electron chi connectivity index (χ4n) is 2.03. The second kappa shape index (κ2) is 4.71. The van der Waals surface area contributed by atoms with Gasteiger partial charge in [-0.05, 0) is 32.0 Å². The summed E-state index contributed by atoms with van der Waals surface area (Å²) in [4.78, 5) is 13.7. The van der Waals surface area contributed by atoms with E-state index in [9.17, 15) is 9.90 Å². The number of hydrogen-bond acceptors (Lipinski definition) is 5. The van der Waals surface area contributed by atoms with Gasteiger partial charge in [-0.3, -0.25) is 4.79 Å². The van der Waals surface area contributed by atoms with E-state index in [2.05, 4.69) is 0 Å². The van der Waals surface area contributed by atoms with Crippen molar-refractivity contribution in [3.63, 3.8) is 0 Å². The van der Waals surface area contributed by atoms with Crippen molar-refractivity contribution >= 4 is 17.3 Å². The molecule has 19 heavy (non-hydrogen) atoms. The van der Waals surface area contributed by atoms with Gasteiger partial charge >= 0.3 is 0 Å². The highest BCUT2D eigenvalue weighted by Crippen LogP contribution is 2.38. The summed E-state index contributed by atoms with van der Waals surface area (Å²) in [6.07, 6.45) is -1.01. The highest BCUT2D eigenvalue weighted by Gasteiger charge is 2.41. The summed E-state index contributed by atoms with van der Waals surface area (Å²) in [5.74, 6) is 0.252. The van der Waals surface area contributed by atoms with Gasteiger partial charge in [0, 0.05) is 5.69 Å². The Hall–Kier alpha value is -1.79. The summed E-state index contributed by atoms with van der Waals surface area (Å²) in [5.41, 5.74) is 5.71. The quantitative estimate of drug-likeness (QED) is 0.676. The maximum Gasteiger partial charge on any atom is 0.270 e. The van der Waals surface area contributed by atoms with Crippen molar-refractivity contribution < 1.29 is 19.7 Å². The Morgan fingerprint density at radius 2 is 2.16 bits per heavy atom. The van der Waals surface area contributed by atoms with E-state index in [1.165, 1.54) is 4.90 Å². The Morgan fingerprint density at radius 1 is 1.47 bits per heavy atom. The number of hydrogen-bond donors (Lipinski definition) is 3. The average molecular weight is 266 g/mol. The molecule has 0 saturated carbocycles. The van der Waals surface area contributed by atoms with Crippen molar-refractivity contribution in [2.75, 3.05) is 23.8 Å². The third-order valence-electron chi connectivity index (χ3n) is 3.00. The van der Waals surface area contributed by atoms with Crippen molar-refractivity contribution in [1.82, 2.24) is 0 Å². The van der Waals surface area contributed by atoms with Crippen molar-refractivity contribution in [3.05, 3.63) is 18.2 Å². The van der Waals surface area contributed by atoms with E-state index in [1.54, 1.807) is 32.0 Å². The fraction of sp³-hybridized carbons (Fsp3) is 0.462. The van der Waals surface area contributed by atoms with E-state index >= 15 is 0 Å². The molecule has 0 spiro atoms. The van der Waals surface area contributed by atoms with Gasteiger partial charge in [-0.25, -0.2) is 0 Å². The molecule has 0 radical (unpaired) electrons. The summed E-state index contributed by atoms with van der Waals surface area (Å²) >= 11 is 0. The van der Waals surface area contributed by atoms with Crippen LogP contribution in [0.15, 0.2) is 18.2 Å². The fourth-order valence-corrected chi connectivity index (χ4v) is 2.03. The summed E-state index contributed by atoms with van der Waals surface area (Å²) in [7, 11) is 0. The molecular weight excluding hydrogens is 248 g/mol. The first-order chi connectivity index (χ1) is 8.85. The zero-order valence-corrected chi connectivity index (χ0v) is 11.0. The lowest BCUT2D eigenvalue weighted by atomic mass is 10.0. The number of β-amino-alcohol motifs (C(OH)–C–C–N with tert-alkyl or cyclic N) is 1. The van der Waals surface area contributed by atoms with E-state index in [1.807, 2.05) is 0 Å². The van der Waals surface area contributed by atoms with Gasteiger partial charge in [0.2, 0.25) is 0 Å². The number of carbonyl (C=O) groups excluding carboxylic acids is 1. The summed E-state index contributed by atoms with van der Waals surface area (Å²) in [6, 6.07) is 5.00. The van der Waals surface area contributed by atoms with Crippen LogP contribution in [0.4, 0.5) is 11.4 Å². The number of aliphatic hydroxyl groups excluding tert-OH is 2. The summed E-state index contributed by atoms with van der Waals surface area (Å²) in [5, 5.41) is 18.5. The molecule has 0 aromatic heterocycles. The normalized spacial score (nSPS) is 18.7. The first-order valence-electron chi connectivity index (χ1n) is 6.04. The lowest BCUT2D eigenvalue weighted by molar-refractivity contribution is -0.133. The van der Waals surface area contributed by atoms with Crippen LogP contribution in [-0.2, 0) is 4.79 Å². The number of rotatable bonds is 3. The van der Waals surface area contributed by atoms with Gasteiger partial charge in [0.05, 0.1) is 24.9 Å². The Bertz CT molecular complexity index is 501. The van der Waals surface area contributed by atoms with Gasteiger partial charge in [-0.2, -0.15) is 0 Å². The molecule has 2 rings (SSSR count). The van der Waals surface area contributed by atoms with Gasteiger partial charge in [0.25, 0.3) is 5.91 Å². The minimum atomic E-state index is -1.02. The Labute approximate surface area is 111 Å². The summed E-state index contributed by atoms with van der Waals surface area (Å²) < 4.78 is 5.64. The molecule has 0 fully saturated rings. The first-order valence-corrected chi connectivity index (χ1v) is 6.04. The third kappa shape index (κ3) is 2.50. The van der Waals surface area contributed by atoms with E-state index in [-0.39, 0.29) is 12.5 Å². The smallest absolute Gasteiger partial charge is 0.270 e. The number of nitrogens with zero attached hydrogens (tertiary/aromatic N) is 1. The van der Waals surface area contributed by atoms with Crippen molar-refractivity contribution in [2.45, 2.75) is 25.6 Å². The van der Waals surface area contributed by atoms with Crippen molar-refractivity contribution in [2.24, 2.45) is 0 Å². The molecule has 1 amide bonds. The Balaban J connectivity index is 2.44. The van der Waals surface area contributed by atoms with Crippen LogP contribution < -0.4 is 15.4 Å².